The molecule has 2 aliphatic carbocycles. The summed E-state index contributed by atoms with van der Waals surface area (Å²) in [6.07, 6.45) is 11.0. The Kier molecular flexibility index (Phi) is 7.57. The summed E-state index contributed by atoms with van der Waals surface area (Å²) in [5, 5.41) is 10.7. The molecule has 2 aliphatic rings. The molecule has 6 nitrogen and oxygen atoms in total. The van der Waals surface area contributed by atoms with E-state index in [2.05, 4.69) is 32.2 Å². The molecule has 2 aromatic rings. The van der Waals surface area contributed by atoms with Gasteiger partial charge in [-0.3, -0.25) is 4.99 Å². The first-order chi connectivity index (χ1) is 14.7. The lowest BCUT2D eigenvalue weighted by molar-refractivity contribution is 0.208. The highest BCUT2D eigenvalue weighted by Crippen LogP contribution is 2.34. The number of nitrogens with zero attached hydrogens (tertiary/aromatic N) is 3. The van der Waals surface area contributed by atoms with Crippen molar-refractivity contribution in [2.24, 2.45) is 16.8 Å². The number of hydrogen-bond donors (Lipinski definition) is 2. The average Bonchev–Trinajstić information content (AvgIpc) is 3.48. The molecule has 162 valence electrons. The Labute approximate surface area is 187 Å². The Hall–Kier alpha value is -1.70. The number of hydrogen-bond acceptors (Lipinski definition) is 7. The Morgan fingerprint density at radius 3 is 2.87 bits per heavy atom. The summed E-state index contributed by atoms with van der Waals surface area (Å²) in [4.78, 5) is 13.7. The van der Waals surface area contributed by atoms with Gasteiger partial charge in [-0.15, -0.1) is 11.3 Å². The van der Waals surface area contributed by atoms with E-state index in [0.717, 1.165) is 66.9 Å². The van der Waals surface area contributed by atoms with Crippen LogP contribution in [0.5, 0.6) is 0 Å². The maximum Gasteiger partial charge on any atom is 0.183 e. The molecule has 8 heteroatoms. The number of aromatic nitrogens is 2. The topological polar surface area (TPSA) is 71.4 Å². The summed E-state index contributed by atoms with van der Waals surface area (Å²) in [6, 6.07) is 2.46. The molecule has 0 saturated heterocycles. The fourth-order valence-electron chi connectivity index (χ4n) is 3.74. The summed E-state index contributed by atoms with van der Waals surface area (Å²) in [6.45, 7) is 2.46. The molecule has 2 N–H and O–H groups in total. The third kappa shape index (κ3) is 6.15. The molecular weight excluding hydrogens is 418 g/mol. The number of thiazole rings is 1. The van der Waals surface area contributed by atoms with E-state index in [1.165, 1.54) is 12.8 Å². The maximum atomic E-state index is 6.44. The van der Waals surface area contributed by atoms with Crippen LogP contribution < -0.4 is 10.6 Å². The molecule has 30 heavy (non-hydrogen) atoms. The number of halogens is 1. The largest absolute Gasteiger partial charge is 0.383 e. The van der Waals surface area contributed by atoms with Crippen molar-refractivity contribution in [1.82, 2.24) is 9.97 Å². The van der Waals surface area contributed by atoms with Crippen molar-refractivity contribution in [2.75, 3.05) is 37.4 Å². The Balaban J connectivity index is 1.32. The predicted molar refractivity (Wildman–Crippen MR) is 126 cm³/mol. The minimum Gasteiger partial charge on any atom is -0.383 e. The highest BCUT2D eigenvalue weighted by atomic mass is 35.5. The second kappa shape index (κ2) is 10.6. The maximum absolute atomic E-state index is 6.44. The Bertz CT molecular complexity index is 846. The molecule has 0 aromatic carbocycles. The van der Waals surface area contributed by atoms with E-state index >= 15 is 0 Å². The van der Waals surface area contributed by atoms with Crippen molar-refractivity contribution < 1.29 is 4.74 Å². The minimum atomic E-state index is 0.432. The molecule has 0 unspecified atom stereocenters. The van der Waals surface area contributed by atoms with Crippen LogP contribution in [-0.4, -0.2) is 49.0 Å². The van der Waals surface area contributed by atoms with E-state index in [0.29, 0.717) is 23.6 Å². The first-order valence-corrected chi connectivity index (χ1v) is 12.1. The normalized spacial score (nSPS) is 21.8. The molecule has 2 aromatic heterocycles. The van der Waals surface area contributed by atoms with Crippen molar-refractivity contribution >= 4 is 40.1 Å². The van der Waals surface area contributed by atoms with Gasteiger partial charge >= 0.3 is 0 Å². The third-order valence-corrected chi connectivity index (χ3v) is 6.84. The summed E-state index contributed by atoms with van der Waals surface area (Å²) < 4.78 is 5.04. The van der Waals surface area contributed by atoms with Crippen LogP contribution in [0.25, 0.3) is 11.3 Å². The standard InChI is InChI=1S/C22H30ClN5OS/c1-29-9-8-24-11-15-4-6-17(7-5-15)27-21-10-18(19(23)13-25-21)20-14-30-22(28-20)26-12-16-2-3-16/h10-11,13-17H,2-9,12H2,1H3,(H,25,27)(H,26,28). The molecule has 2 fully saturated rings. The van der Waals surface area contributed by atoms with Gasteiger partial charge in [0.1, 0.15) is 5.82 Å². The first kappa shape index (κ1) is 21.5. The van der Waals surface area contributed by atoms with Gasteiger partial charge in [-0.05, 0) is 56.4 Å². The Morgan fingerprint density at radius 2 is 2.10 bits per heavy atom. The summed E-state index contributed by atoms with van der Waals surface area (Å²) in [5.74, 6) is 2.27. The van der Waals surface area contributed by atoms with Gasteiger partial charge in [0.2, 0.25) is 0 Å². The van der Waals surface area contributed by atoms with Gasteiger partial charge in [-0.25, -0.2) is 9.97 Å². The van der Waals surface area contributed by atoms with Gasteiger partial charge in [0.15, 0.2) is 5.13 Å². The number of rotatable bonds is 10. The molecular formula is C22H30ClN5OS. The van der Waals surface area contributed by atoms with E-state index in [1.54, 1.807) is 24.6 Å². The van der Waals surface area contributed by atoms with Crippen LogP contribution in [-0.2, 0) is 4.74 Å². The van der Waals surface area contributed by atoms with Crippen LogP contribution in [0.2, 0.25) is 5.02 Å². The molecule has 0 radical (unpaired) electrons. The second-order valence-electron chi connectivity index (χ2n) is 8.22. The number of pyridine rings is 1. The number of methoxy groups -OCH3 is 1. The van der Waals surface area contributed by atoms with Gasteiger partial charge in [-0.1, -0.05) is 11.6 Å². The van der Waals surface area contributed by atoms with Crippen molar-refractivity contribution in [2.45, 2.75) is 44.6 Å². The first-order valence-electron chi connectivity index (χ1n) is 10.8. The van der Waals surface area contributed by atoms with Crippen LogP contribution in [0.4, 0.5) is 10.9 Å². The Morgan fingerprint density at radius 1 is 1.27 bits per heavy atom. The lowest BCUT2D eigenvalue weighted by atomic mass is 9.87. The summed E-state index contributed by atoms with van der Waals surface area (Å²) >= 11 is 8.07. The van der Waals surface area contributed by atoms with E-state index in [9.17, 15) is 0 Å². The molecule has 0 atom stereocenters. The van der Waals surface area contributed by atoms with Gasteiger partial charge in [0.25, 0.3) is 0 Å². The fraction of sp³-hybridized carbons (Fsp3) is 0.591. The monoisotopic (exact) mass is 447 g/mol. The molecule has 2 heterocycles. The quantitative estimate of drug-likeness (QED) is 0.378. The smallest absolute Gasteiger partial charge is 0.183 e. The van der Waals surface area contributed by atoms with Crippen molar-refractivity contribution in [3.63, 3.8) is 0 Å². The predicted octanol–water partition coefficient (Wildman–Crippen LogP) is 5.37. The van der Waals surface area contributed by atoms with E-state index in [-0.39, 0.29) is 0 Å². The van der Waals surface area contributed by atoms with Gasteiger partial charge < -0.3 is 15.4 Å². The number of ether oxygens (including phenoxy) is 1. The number of anilines is 2. The molecule has 0 spiro atoms. The fourth-order valence-corrected chi connectivity index (χ4v) is 4.66. The second-order valence-corrected chi connectivity index (χ2v) is 9.48. The summed E-state index contributed by atoms with van der Waals surface area (Å²) in [7, 11) is 1.71. The SMILES string of the molecule is COCCN=CC1CCC(Nc2cc(-c3csc(NCC4CC4)n3)c(Cl)cn2)CC1. The van der Waals surface area contributed by atoms with Gasteiger partial charge in [-0.2, -0.15) is 0 Å². The zero-order chi connectivity index (χ0) is 20.8. The molecule has 4 rings (SSSR count). The van der Waals surface area contributed by atoms with Crippen molar-refractivity contribution in [1.29, 1.82) is 0 Å². The van der Waals surface area contributed by atoms with Gasteiger partial charge in [0, 0.05) is 43.1 Å². The highest BCUT2D eigenvalue weighted by Gasteiger charge is 2.22. The molecule has 0 bridgehead atoms. The van der Waals surface area contributed by atoms with E-state index < -0.39 is 0 Å². The van der Waals surface area contributed by atoms with Crippen LogP contribution in [0.1, 0.15) is 38.5 Å². The lowest BCUT2D eigenvalue weighted by Crippen LogP contribution is -2.27. The molecule has 0 aliphatic heterocycles. The van der Waals surface area contributed by atoms with Crippen LogP contribution in [0.15, 0.2) is 22.6 Å². The average molecular weight is 448 g/mol. The van der Waals surface area contributed by atoms with E-state index in [1.807, 2.05) is 6.07 Å². The lowest BCUT2D eigenvalue weighted by Gasteiger charge is -2.27. The summed E-state index contributed by atoms with van der Waals surface area (Å²) in [5.41, 5.74) is 1.84. The third-order valence-electron chi connectivity index (χ3n) is 5.74. The highest BCUT2D eigenvalue weighted by molar-refractivity contribution is 7.14. The van der Waals surface area contributed by atoms with Crippen molar-refractivity contribution in [3.05, 3.63) is 22.7 Å². The molecule has 0 amide bonds. The van der Waals surface area contributed by atoms with Crippen molar-refractivity contribution in [3.8, 4) is 11.3 Å². The minimum absolute atomic E-state index is 0.432. The number of nitrogens with one attached hydrogen (secondary N) is 2. The van der Waals surface area contributed by atoms with Crippen LogP contribution in [0.3, 0.4) is 0 Å². The zero-order valence-electron chi connectivity index (χ0n) is 17.4. The molecule has 2 saturated carbocycles. The van der Waals surface area contributed by atoms with Crippen LogP contribution >= 0.6 is 22.9 Å². The zero-order valence-corrected chi connectivity index (χ0v) is 19.0. The van der Waals surface area contributed by atoms with E-state index in [4.69, 9.17) is 21.3 Å². The van der Waals surface area contributed by atoms with Gasteiger partial charge in [0.05, 0.1) is 23.9 Å². The van der Waals surface area contributed by atoms with Crippen LogP contribution in [0, 0.1) is 11.8 Å². The number of aliphatic imine (C=N–C) groups is 1.